The minimum absolute atomic E-state index is 0.255. The topological polar surface area (TPSA) is 31.2 Å². The lowest BCUT2D eigenvalue weighted by Gasteiger charge is -2.20. The van der Waals surface area contributed by atoms with Crippen LogP contribution in [0.25, 0.3) is 6.08 Å². The number of fused-ring (bicyclic) bond motifs is 1. The molecule has 1 aliphatic rings. The third-order valence-electron chi connectivity index (χ3n) is 3.21. The van der Waals surface area contributed by atoms with E-state index < -0.39 is 5.60 Å². The van der Waals surface area contributed by atoms with Crippen molar-refractivity contribution < 1.29 is 9.53 Å². The number of allylic oxidation sites excluding steroid dienone is 1. The summed E-state index contributed by atoms with van der Waals surface area (Å²) in [5.74, 6) is 0.339. The van der Waals surface area contributed by atoms with Gasteiger partial charge in [-0.15, -0.1) is 11.6 Å². The highest BCUT2D eigenvalue weighted by Gasteiger charge is 2.24. The largest absolute Gasteiger partial charge is 0.455 e. The number of alkyl halides is 1. The molecule has 2 rings (SSSR count). The molecule has 0 bridgehead atoms. The van der Waals surface area contributed by atoms with Crippen molar-refractivity contribution in [2.75, 3.05) is 5.88 Å². The van der Waals surface area contributed by atoms with Gasteiger partial charge in [0.05, 0.1) is 0 Å². The summed E-state index contributed by atoms with van der Waals surface area (Å²) in [6.07, 6.45) is 7.07. The van der Waals surface area contributed by atoms with Gasteiger partial charge < -0.3 is 9.30 Å². The minimum Gasteiger partial charge on any atom is -0.455 e. The molecule has 0 N–H and O–H groups in total. The number of hydrogen-bond acceptors (Lipinski definition) is 2. The average molecular weight is 296 g/mol. The Morgan fingerprint density at radius 1 is 1.45 bits per heavy atom. The lowest BCUT2D eigenvalue weighted by Crippen LogP contribution is -2.26. The summed E-state index contributed by atoms with van der Waals surface area (Å²) in [5.41, 5.74) is 2.52. The summed E-state index contributed by atoms with van der Waals surface area (Å²) in [4.78, 5) is 12.4. The standard InChI is InChI=1S/C16H22ClNO2/c1-16(2,3)20-15(19)14-11-12-7-4-5-8-13(12)18(14)10-6-9-17/h4,7,11H,5-6,8-10H2,1-3H3. The van der Waals surface area contributed by atoms with Crippen LogP contribution in [0.1, 0.15) is 55.4 Å². The fourth-order valence-corrected chi connectivity index (χ4v) is 2.56. The number of halogens is 1. The van der Waals surface area contributed by atoms with Crippen molar-refractivity contribution >= 4 is 23.6 Å². The maximum Gasteiger partial charge on any atom is 0.355 e. The first-order chi connectivity index (χ1) is 9.42. The highest BCUT2D eigenvalue weighted by molar-refractivity contribution is 6.17. The van der Waals surface area contributed by atoms with Gasteiger partial charge in [0, 0.05) is 18.1 Å². The van der Waals surface area contributed by atoms with E-state index in [2.05, 4.69) is 16.7 Å². The molecular weight excluding hydrogens is 274 g/mol. The second kappa shape index (κ2) is 6.04. The van der Waals surface area contributed by atoms with E-state index in [9.17, 15) is 4.79 Å². The number of ether oxygens (including phenoxy) is 1. The molecule has 0 fully saturated rings. The molecule has 0 unspecified atom stereocenters. The Morgan fingerprint density at radius 2 is 2.20 bits per heavy atom. The molecule has 20 heavy (non-hydrogen) atoms. The van der Waals surface area contributed by atoms with Gasteiger partial charge >= 0.3 is 5.97 Å². The van der Waals surface area contributed by atoms with Crippen molar-refractivity contribution in [2.45, 2.75) is 52.2 Å². The molecule has 3 nitrogen and oxygen atoms in total. The average Bonchev–Trinajstić information content (AvgIpc) is 2.73. The first-order valence-corrected chi connectivity index (χ1v) is 7.64. The number of rotatable bonds is 4. The molecular formula is C16H22ClNO2. The zero-order chi connectivity index (χ0) is 14.8. The van der Waals surface area contributed by atoms with Gasteiger partial charge in [-0.05, 0) is 51.7 Å². The smallest absolute Gasteiger partial charge is 0.355 e. The molecule has 0 spiro atoms. The van der Waals surface area contributed by atoms with Crippen molar-refractivity contribution in [2.24, 2.45) is 0 Å². The van der Waals surface area contributed by atoms with Crippen LogP contribution in [0.3, 0.4) is 0 Å². The van der Waals surface area contributed by atoms with Gasteiger partial charge in [0.15, 0.2) is 0 Å². The van der Waals surface area contributed by atoms with Gasteiger partial charge in [-0.3, -0.25) is 0 Å². The highest BCUT2D eigenvalue weighted by Crippen LogP contribution is 2.25. The van der Waals surface area contributed by atoms with Crippen LogP contribution in [-0.2, 0) is 17.7 Å². The van der Waals surface area contributed by atoms with Crippen LogP contribution in [0.15, 0.2) is 12.1 Å². The fourth-order valence-electron chi connectivity index (χ4n) is 2.44. The molecule has 0 amide bonds. The van der Waals surface area contributed by atoms with Crippen LogP contribution in [0.4, 0.5) is 0 Å². The number of esters is 1. The Kier molecular flexibility index (Phi) is 4.59. The molecule has 1 aromatic heterocycles. The van der Waals surface area contributed by atoms with E-state index in [-0.39, 0.29) is 5.97 Å². The molecule has 1 aliphatic carbocycles. The van der Waals surface area contributed by atoms with Crippen molar-refractivity contribution in [3.05, 3.63) is 29.1 Å². The first-order valence-electron chi connectivity index (χ1n) is 7.10. The van der Waals surface area contributed by atoms with E-state index >= 15 is 0 Å². The lowest BCUT2D eigenvalue weighted by molar-refractivity contribution is 0.00572. The van der Waals surface area contributed by atoms with Crippen molar-refractivity contribution in [3.8, 4) is 0 Å². The first kappa shape index (κ1) is 15.2. The van der Waals surface area contributed by atoms with Crippen LogP contribution in [0.5, 0.6) is 0 Å². The summed E-state index contributed by atoms with van der Waals surface area (Å²) < 4.78 is 7.58. The second-order valence-corrected chi connectivity index (χ2v) is 6.45. The molecule has 0 aliphatic heterocycles. The van der Waals surface area contributed by atoms with Gasteiger partial charge in [-0.2, -0.15) is 0 Å². The molecule has 110 valence electrons. The zero-order valence-electron chi connectivity index (χ0n) is 12.4. The third-order valence-corrected chi connectivity index (χ3v) is 3.48. The van der Waals surface area contributed by atoms with Gasteiger partial charge in [0.2, 0.25) is 0 Å². The van der Waals surface area contributed by atoms with Crippen molar-refractivity contribution in [1.82, 2.24) is 4.57 Å². The molecule has 0 saturated carbocycles. The highest BCUT2D eigenvalue weighted by atomic mass is 35.5. The van der Waals surface area contributed by atoms with Crippen molar-refractivity contribution in [1.29, 1.82) is 0 Å². The normalized spacial score (nSPS) is 14.2. The van der Waals surface area contributed by atoms with Gasteiger partial charge in [0.25, 0.3) is 0 Å². The van der Waals surface area contributed by atoms with E-state index in [0.717, 1.165) is 31.4 Å². The monoisotopic (exact) mass is 295 g/mol. The number of hydrogen-bond donors (Lipinski definition) is 0. The van der Waals surface area contributed by atoms with Crippen LogP contribution in [-0.4, -0.2) is 22.0 Å². The molecule has 0 aromatic carbocycles. The molecule has 1 heterocycles. The molecule has 0 saturated heterocycles. The summed E-state index contributed by atoms with van der Waals surface area (Å²) >= 11 is 5.80. The molecule has 0 radical (unpaired) electrons. The van der Waals surface area contributed by atoms with Crippen LogP contribution >= 0.6 is 11.6 Å². The Hall–Kier alpha value is -1.22. The SMILES string of the molecule is CC(C)(C)OC(=O)c1cc2c(n1CCCCl)CCC=C2. The predicted molar refractivity (Wildman–Crippen MR) is 82.3 cm³/mol. The maximum absolute atomic E-state index is 12.4. The Labute approximate surface area is 125 Å². The van der Waals surface area contributed by atoms with Gasteiger partial charge in [-0.25, -0.2) is 4.79 Å². The Balaban J connectivity index is 2.33. The van der Waals surface area contributed by atoms with E-state index in [1.165, 1.54) is 5.69 Å². The third kappa shape index (κ3) is 3.45. The lowest BCUT2D eigenvalue weighted by atomic mass is 10.1. The van der Waals surface area contributed by atoms with E-state index in [1.807, 2.05) is 26.8 Å². The number of aromatic nitrogens is 1. The summed E-state index contributed by atoms with van der Waals surface area (Å²) in [6, 6.07) is 1.94. The fraction of sp³-hybridized carbons (Fsp3) is 0.562. The number of nitrogens with zero attached hydrogens (tertiary/aromatic N) is 1. The van der Waals surface area contributed by atoms with Crippen LogP contribution < -0.4 is 0 Å². The minimum atomic E-state index is -0.477. The Morgan fingerprint density at radius 3 is 2.85 bits per heavy atom. The predicted octanol–water partition coefficient (Wildman–Crippen LogP) is 4.03. The van der Waals surface area contributed by atoms with Crippen molar-refractivity contribution in [3.63, 3.8) is 0 Å². The number of carbonyl (C=O) groups is 1. The summed E-state index contributed by atoms with van der Waals surface area (Å²) in [6.45, 7) is 6.42. The molecule has 4 heteroatoms. The Bertz CT molecular complexity index is 523. The van der Waals surface area contributed by atoms with E-state index in [4.69, 9.17) is 16.3 Å². The second-order valence-electron chi connectivity index (χ2n) is 6.07. The van der Waals surface area contributed by atoms with Gasteiger partial charge in [-0.1, -0.05) is 12.2 Å². The summed E-state index contributed by atoms with van der Waals surface area (Å²) in [5, 5.41) is 0. The van der Waals surface area contributed by atoms with E-state index in [0.29, 0.717) is 11.6 Å². The molecule has 1 aromatic rings. The van der Waals surface area contributed by atoms with E-state index in [1.54, 1.807) is 0 Å². The summed E-state index contributed by atoms with van der Waals surface area (Å²) in [7, 11) is 0. The zero-order valence-corrected chi connectivity index (χ0v) is 13.2. The van der Waals surface area contributed by atoms with Crippen LogP contribution in [0.2, 0.25) is 0 Å². The molecule has 0 atom stereocenters. The number of carbonyl (C=O) groups excluding carboxylic acids is 1. The quantitative estimate of drug-likeness (QED) is 0.620. The van der Waals surface area contributed by atoms with Gasteiger partial charge in [0.1, 0.15) is 11.3 Å². The maximum atomic E-state index is 12.4. The van der Waals surface area contributed by atoms with Crippen LogP contribution in [0, 0.1) is 0 Å².